The zero-order valence-corrected chi connectivity index (χ0v) is 37.4. The van der Waals surface area contributed by atoms with Crippen molar-refractivity contribution in [2.45, 2.75) is 109 Å². The first kappa shape index (κ1) is 47.3. The zero-order valence-electron chi connectivity index (χ0n) is 36.6. The number of amidine groups is 1. The summed E-state index contributed by atoms with van der Waals surface area (Å²) in [6.45, 7) is 5.83. The lowest BCUT2D eigenvalue weighted by Gasteiger charge is -2.24. The van der Waals surface area contributed by atoms with E-state index in [0.717, 1.165) is 90.7 Å². The van der Waals surface area contributed by atoms with Crippen molar-refractivity contribution in [3.8, 4) is 0 Å². The standard InChI is InChI=1S/C48H61N5O8S/c1-5-8-10-12-14-16-30-60-47(55)53(48(56)61-31-17-15-13-11-9-6-2)46(49)38-25-23-36(24-26-38)32-41-34-39-33-40(27-28-42(39)51(41)4)52(35-44(54)59-7-3)62(57,58)43-22-18-20-37-21-19-29-50-45(37)43/h18-29,33-34,49H,5-17,30-32,35H2,1-4H3. The summed E-state index contributed by atoms with van der Waals surface area (Å²) in [6.07, 6.45) is 12.2. The number of sulfonamides is 1. The lowest BCUT2D eigenvalue weighted by atomic mass is 10.1. The number of hydrogen-bond donors (Lipinski definition) is 1. The normalized spacial score (nSPS) is 11.4. The first-order valence-electron chi connectivity index (χ1n) is 21.9. The summed E-state index contributed by atoms with van der Waals surface area (Å²) in [4.78, 5) is 44.4. The largest absolute Gasteiger partial charge is 0.465 e. The van der Waals surface area contributed by atoms with Gasteiger partial charge in [0.15, 0.2) is 0 Å². The molecule has 2 heterocycles. The van der Waals surface area contributed by atoms with E-state index in [2.05, 4.69) is 18.8 Å². The minimum absolute atomic E-state index is 0.0245. The summed E-state index contributed by atoms with van der Waals surface area (Å²) in [5, 5.41) is 10.3. The summed E-state index contributed by atoms with van der Waals surface area (Å²) in [7, 11) is -2.36. The molecule has 1 N–H and O–H groups in total. The Kier molecular flexibility index (Phi) is 17.9. The van der Waals surface area contributed by atoms with Crippen molar-refractivity contribution >= 4 is 61.5 Å². The molecule has 0 fully saturated rings. The van der Waals surface area contributed by atoms with Crippen LogP contribution in [0.15, 0.2) is 90.0 Å². The third kappa shape index (κ3) is 12.4. The third-order valence-corrected chi connectivity index (χ3v) is 12.6. The predicted octanol–water partition coefficient (Wildman–Crippen LogP) is 10.7. The van der Waals surface area contributed by atoms with Gasteiger partial charge in [-0.15, -0.1) is 0 Å². The number of fused-ring (bicyclic) bond motifs is 2. The van der Waals surface area contributed by atoms with Gasteiger partial charge in [-0.25, -0.2) is 18.0 Å². The van der Waals surface area contributed by atoms with Crippen LogP contribution in [0, 0.1) is 5.41 Å². The number of pyridine rings is 1. The first-order chi connectivity index (χ1) is 30.0. The van der Waals surface area contributed by atoms with Gasteiger partial charge in [-0.3, -0.25) is 19.5 Å². The molecule has 0 aliphatic carbocycles. The minimum atomic E-state index is -4.28. The molecule has 0 aliphatic rings. The maximum Gasteiger partial charge on any atom is 0.425 e. The Morgan fingerprint density at radius 2 is 1.32 bits per heavy atom. The van der Waals surface area contributed by atoms with E-state index in [1.165, 1.54) is 12.3 Å². The number of anilines is 1. The van der Waals surface area contributed by atoms with E-state index in [1.54, 1.807) is 55.5 Å². The summed E-state index contributed by atoms with van der Waals surface area (Å²) in [6, 6.07) is 22.7. The number of aryl methyl sites for hydroxylation is 1. The number of nitrogens with zero attached hydrogens (tertiary/aromatic N) is 4. The van der Waals surface area contributed by atoms with Gasteiger partial charge in [0, 0.05) is 47.2 Å². The molecule has 0 saturated carbocycles. The molecule has 3 aromatic carbocycles. The predicted molar refractivity (Wildman–Crippen MR) is 243 cm³/mol. The van der Waals surface area contributed by atoms with Crippen LogP contribution in [0.3, 0.4) is 0 Å². The second kappa shape index (κ2) is 23.5. The van der Waals surface area contributed by atoms with Crippen molar-refractivity contribution in [2.75, 3.05) is 30.7 Å². The van der Waals surface area contributed by atoms with Crippen LogP contribution in [0.4, 0.5) is 15.3 Å². The molecule has 0 bridgehead atoms. The van der Waals surface area contributed by atoms with Crippen LogP contribution in [-0.4, -0.2) is 73.2 Å². The lowest BCUT2D eigenvalue weighted by molar-refractivity contribution is -0.141. The summed E-state index contributed by atoms with van der Waals surface area (Å²) >= 11 is 0. The molecule has 0 saturated heterocycles. The van der Waals surface area contributed by atoms with Crippen LogP contribution < -0.4 is 4.31 Å². The monoisotopic (exact) mass is 867 g/mol. The van der Waals surface area contributed by atoms with Crippen LogP contribution >= 0.6 is 0 Å². The number of nitrogens with one attached hydrogen (secondary N) is 1. The fraction of sp³-hybridized carbons (Fsp3) is 0.438. The number of amides is 2. The van der Waals surface area contributed by atoms with Crippen molar-refractivity contribution < 1.29 is 37.0 Å². The number of carbonyl (C=O) groups excluding carboxylic acids is 3. The van der Waals surface area contributed by atoms with Gasteiger partial charge in [-0.1, -0.05) is 121 Å². The molecule has 0 radical (unpaired) electrons. The first-order valence-corrected chi connectivity index (χ1v) is 23.4. The Morgan fingerprint density at radius 3 is 1.95 bits per heavy atom. The highest BCUT2D eigenvalue weighted by molar-refractivity contribution is 7.93. The van der Waals surface area contributed by atoms with E-state index in [0.29, 0.717) is 46.3 Å². The van der Waals surface area contributed by atoms with Gasteiger partial charge in [0.05, 0.1) is 31.0 Å². The molecule has 0 spiro atoms. The molecular formula is C48H61N5O8S. The SMILES string of the molecule is CCCCCCCCOC(=O)N(C(=N)c1ccc(Cc2cc3cc(N(CC(=O)OCC)S(=O)(=O)c4cccc5cccnc45)ccc3n2C)cc1)C(=O)OCCCCCCCC. The van der Waals surface area contributed by atoms with Crippen molar-refractivity contribution in [1.29, 1.82) is 5.41 Å². The molecule has 14 heteroatoms. The second-order valence-corrected chi connectivity index (χ2v) is 17.2. The zero-order chi connectivity index (χ0) is 44.5. The van der Waals surface area contributed by atoms with Gasteiger partial charge in [0.25, 0.3) is 10.0 Å². The van der Waals surface area contributed by atoms with E-state index in [4.69, 9.17) is 19.6 Å². The number of unbranched alkanes of at least 4 members (excludes halogenated alkanes) is 10. The van der Waals surface area contributed by atoms with E-state index in [-0.39, 0.29) is 30.6 Å². The highest BCUT2D eigenvalue weighted by atomic mass is 32.2. The fourth-order valence-corrected chi connectivity index (χ4v) is 8.92. The Balaban J connectivity index is 1.33. The van der Waals surface area contributed by atoms with Crippen molar-refractivity contribution in [2.24, 2.45) is 7.05 Å². The average Bonchev–Trinajstić information content (AvgIpc) is 3.58. The quantitative estimate of drug-likeness (QED) is 0.0221. The van der Waals surface area contributed by atoms with Crippen LogP contribution in [0.25, 0.3) is 21.8 Å². The summed E-state index contributed by atoms with van der Waals surface area (Å²) in [5.41, 5.74) is 3.58. The highest BCUT2D eigenvalue weighted by Crippen LogP contribution is 2.32. The van der Waals surface area contributed by atoms with E-state index < -0.39 is 34.7 Å². The van der Waals surface area contributed by atoms with Crippen molar-refractivity contribution in [3.05, 3.63) is 102 Å². The molecule has 0 unspecified atom stereocenters. The van der Waals surface area contributed by atoms with Gasteiger partial charge in [-0.2, -0.15) is 4.90 Å². The van der Waals surface area contributed by atoms with Gasteiger partial charge in [0.1, 0.15) is 17.3 Å². The number of ether oxygens (including phenoxy) is 3. The molecule has 5 aromatic rings. The Labute approximate surface area is 365 Å². The van der Waals surface area contributed by atoms with Crippen LogP contribution in [0.5, 0.6) is 0 Å². The molecule has 13 nitrogen and oxygen atoms in total. The third-order valence-electron chi connectivity index (χ3n) is 10.8. The van der Waals surface area contributed by atoms with Gasteiger partial charge < -0.3 is 18.8 Å². The average molecular weight is 868 g/mol. The smallest absolute Gasteiger partial charge is 0.425 e. The van der Waals surface area contributed by atoms with Crippen molar-refractivity contribution in [3.63, 3.8) is 0 Å². The molecule has 2 amide bonds. The van der Waals surface area contributed by atoms with Gasteiger partial charge in [-0.05, 0) is 61.7 Å². The molecule has 2 aromatic heterocycles. The molecular weight excluding hydrogens is 807 g/mol. The number of carbonyl (C=O) groups is 3. The Morgan fingerprint density at radius 1 is 0.710 bits per heavy atom. The highest BCUT2D eigenvalue weighted by Gasteiger charge is 2.32. The van der Waals surface area contributed by atoms with Crippen LogP contribution in [0.2, 0.25) is 0 Å². The van der Waals surface area contributed by atoms with Crippen molar-refractivity contribution in [1.82, 2.24) is 14.5 Å². The summed E-state index contributed by atoms with van der Waals surface area (Å²) in [5.74, 6) is -1.02. The van der Waals surface area contributed by atoms with E-state index >= 15 is 0 Å². The molecule has 0 atom stereocenters. The number of aromatic nitrogens is 2. The number of esters is 1. The number of benzene rings is 3. The Hall–Kier alpha value is -5.76. The fourth-order valence-electron chi connectivity index (χ4n) is 7.35. The maximum atomic E-state index is 14.3. The molecule has 332 valence electrons. The summed E-state index contributed by atoms with van der Waals surface area (Å²) < 4.78 is 47.9. The lowest BCUT2D eigenvalue weighted by Crippen LogP contribution is -2.42. The number of rotatable bonds is 23. The van der Waals surface area contributed by atoms with E-state index in [1.807, 2.05) is 35.9 Å². The number of hydrogen-bond acceptors (Lipinski definition) is 10. The van der Waals surface area contributed by atoms with Gasteiger partial charge in [0.2, 0.25) is 0 Å². The maximum absolute atomic E-state index is 14.3. The molecule has 0 aliphatic heterocycles. The van der Waals surface area contributed by atoms with Gasteiger partial charge >= 0.3 is 18.2 Å². The van der Waals surface area contributed by atoms with E-state index in [9.17, 15) is 22.8 Å². The van der Waals surface area contributed by atoms with Crippen LogP contribution in [0.1, 0.15) is 115 Å². The van der Waals surface area contributed by atoms with Crippen LogP contribution in [-0.2, 0) is 42.5 Å². The minimum Gasteiger partial charge on any atom is -0.465 e. The molecule has 5 rings (SSSR count). The molecule has 62 heavy (non-hydrogen) atoms. The number of para-hydroxylation sites is 1. The second-order valence-electron chi connectivity index (χ2n) is 15.4. The topological polar surface area (TPSA) is 161 Å². The number of imide groups is 1. The Bertz CT molecular complexity index is 2360.